The molecule has 1 rings (SSSR count). The SMILES string of the molecule is COc1cc(CNCCCN(C)C)ccc1OCC(=O)O. The van der Waals surface area contributed by atoms with E-state index in [2.05, 4.69) is 24.3 Å². The van der Waals surface area contributed by atoms with Gasteiger partial charge < -0.3 is 24.8 Å². The lowest BCUT2D eigenvalue weighted by Gasteiger charge is -2.12. The van der Waals surface area contributed by atoms with Crippen molar-refractivity contribution in [3.05, 3.63) is 23.8 Å². The number of nitrogens with one attached hydrogen (secondary N) is 1. The maximum absolute atomic E-state index is 10.5. The molecule has 0 saturated carbocycles. The molecule has 2 N–H and O–H groups in total. The van der Waals surface area contributed by atoms with Crippen molar-refractivity contribution in [3.8, 4) is 11.5 Å². The predicted octanol–water partition coefficient (Wildman–Crippen LogP) is 1.20. The van der Waals surface area contributed by atoms with Gasteiger partial charge in [-0.1, -0.05) is 6.07 Å². The molecule has 118 valence electrons. The van der Waals surface area contributed by atoms with Gasteiger partial charge in [-0.25, -0.2) is 4.79 Å². The van der Waals surface area contributed by atoms with E-state index in [4.69, 9.17) is 14.6 Å². The van der Waals surface area contributed by atoms with Crippen LogP contribution in [-0.2, 0) is 11.3 Å². The molecule has 0 saturated heterocycles. The first-order chi connectivity index (χ1) is 10.0. The van der Waals surface area contributed by atoms with Crippen LogP contribution in [0.4, 0.5) is 0 Å². The molecule has 1 aromatic carbocycles. The molecule has 6 nitrogen and oxygen atoms in total. The number of carboxylic acids is 1. The standard InChI is InChI=1S/C15H24N2O4/c1-17(2)8-4-7-16-10-12-5-6-13(14(9-12)20-3)21-11-15(18)19/h5-6,9,16H,4,7-8,10-11H2,1-3H3,(H,18,19). The van der Waals surface area contributed by atoms with Crippen LogP contribution >= 0.6 is 0 Å². The lowest BCUT2D eigenvalue weighted by atomic mass is 10.2. The van der Waals surface area contributed by atoms with Crippen molar-refractivity contribution < 1.29 is 19.4 Å². The van der Waals surface area contributed by atoms with Crippen LogP contribution in [-0.4, -0.2) is 56.9 Å². The number of hydrogen-bond acceptors (Lipinski definition) is 5. The van der Waals surface area contributed by atoms with Gasteiger partial charge in [0.25, 0.3) is 0 Å². The molecular formula is C15H24N2O4. The fraction of sp³-hybridized carbons (Fsp3) is 0.533. The number of rotatable bonds is 10. The molecule has 0 aliphatic heterocycles. The van der Waals surface area contributed by atoms with Gasteiger partial charge in [0.2, 0.25) is 0 Å². The predicted molar refractivity (Wildman–Crippen MR) is 81.0 cm³/mol. The van der Waals surface area contributed by atoms with Crippen molar-refractivity contribution in [2.24, 2.45) is 0 Å². The lowest BCUT2D eigenvalue weighted by Crippen LogP contribution is -2.21. The molecule has 0 atom stereocenters. The summed E-state index contributed by atoms with van der Waals surface area (Å²) in [6.07, 6.45) is 1.09. The summed E-state index contributed by atoms with van der Waals surface area (Å²) in [5.74, 6) is -0.0243. The minimum absolute atomic E-state index is 0.376. The van der Waals surface area contributed by atoms with Crippen molar-refractivity contribution in [1.29, 1.82) is 0 Å². The van der Waals surface area contributed by atoms with E-state index in [-0.39, 0.29) is 6.61 Å². The van der Waals surface area contributed by atoms with E-state index in [1.54, 1.807) is 6.07 Å². The van der Waals surface area contributed by atoms with Gasteiger partial charge in [0.15, 0.2) is 18.1 Å². The fourth-order valence-electron chi connectivity index (χ4n) is 1.83. The largest absolute Gasteiger partial charge is 0.493 e. The number of hydrogen-bond donors (Lipinski definition) is 2. The van der Waals surface area contributed by atoms with Crippen molar-refractivity contribution in [2.45, 2.75) is 13.0 Å². The molecule has 0 unspecified atom stereocenters. The van der Waals surface area contributed by atoms with E-state index >= 15 is 0 Å². The maximum atomic E-state index is 10.5. The first-order valence-corrected chi connectivity index (χ1v) is 6.90. The quantitative estimate of drug-likeness (QED) is 0.632. The van der Waals surface area contributed by atoms with E-state index in [1.165, 1.54) is 7.11 Å². The van der Waals surface area contributed by atoms with E-state index in [0.29, 0.717) is 11.5 Å². The zero-order valence-electron chi connectivity index (χ0n) is 12.9. The Labute approximate surface area is 125 Å². The zero-order chi connectivity index (χ0) is 15.7. The molecule has 0 fully saturated rings. The molecule has 0 bridgehead atoms. The van der Waals surface area contributed by atoms with Gasteiger partial charge in [-0.2, -0.15) is 0 Å². The van der Waals surface area contributed by atoms with Crippen LogP contribution in [0.1, 0.15) is 12.0 Å². The molecule has 0 radical (unpaired) electrons. The van der Waals surface area contributed by atoms with Crippen LogP contribution in [0.3, 0.4) is 0 Å². The Morgan fingerprint density at radius 2 is 2.10 bits per heavy atom. The molecule has 0 aliphatic rings. The van der Waals surface area contributed by atoms with Gasteiger partial charge in [-0.3, -0.25) is 0 Å². The van der Waals surface area contributed by atoms with Crippen LogP contribution < -0.4 is 14.8 Å². The van der Waals surface area contributed by atoms with Crippen LogP contribution in [0, 0.1) is 0 Å². The summed E-state index contributed by atoms with van der Waals surface area (Å²) in [7, 11) is 5.65. The summed E-state index contributed by atoms with van der Waals surface area (Å²) in [5.41, 5.74) is 1.07. The van der Waals surface area contributed by atoms with Crippen molar-refractivity contribution in [2.75, 3.05) is 40.9 Å². The van der Waals surface area contributed by atoms with Crippen LogP contribution in [0.2, 0.25) is 0 Å². The van der Waals surface area contributed by atoms with Gasteiger partial charge >= 0.3 is 5.97 Å². The molecule has 0 spiro atoms. The molecule has 0 amide bonds. The highest BCUT2D eigenvalue weighted by Gasteiger charge is 2.07. The normalized spacial score (nSPS) is 10.7. The highest BCUT2D eigenvalue weighted by Crippen LogP contribution is 2.27. The Morgan fingerprint density at radius 1 is 1.33 bits per heavy atom. The first-order valence-electron chi connectivity index (χ1n) is 6.90. The average molecular weight is 296 g/mol. The van der Waals surface area contributed by atoms with Crippen molar-refractivity contribution >= 4 is 5.97 Å². The summed E-state index contributed by atoms with van der Waals surface area (Å²) in [6.45, 7) is 2.36. The monoisotopic (exact) mass is 296 g/mol. The van der Waals surface area contributed by atoms with Crippen molar-refractivity contribution in [3.63, 3.8) is 0 Å². The third-order valence-corrected chi connectivity index (χ3v) is 2.87. The number of nitrogens with zero attached hydrogens (tertiary/aromatic N) is 1. The molecule has 0 aromatic heterocycles. The fourth-order valence-corrected chi connectivity index (χ4v) is 1.83. The maximum Gasteiger partial charge on any atom is 0.341 e. The average Bonchev–Trinajstić information content (AvgIpc) is 2.44. The Morgan fingerprint density at radius 3 is 2.71 bits per heavy atom. The van der Waals surface area contributed by atoms with E-state index in [9.17, 15) is 4.79 Å². The van der Waals surface area contributed by atoms with Gasteiger partial charge in [0.1, 0.15) is 0 Å². The zero-order valence-corrected chi connectivity index (χ0v) is 12.9. The first kappa shape index (κ1) is 17.3. The topological polar surface area (TPSA) is 71.0 Å². The summed E-state index contributed by atoms with van der Waals surface area (Å²) in [4.78, 5) is 12.7. The third kappa shape index (κ3) is 6.97. The number of methoxy groups -OCH3 is 1. The molecule has 21 heavy (non-hydrogen) atoms. The second kappa shape index (κ2) is 9.20. The molecule has 0 heterocycles. The Kier molecular flexibility index (Phi) is 7.56. The molecule has 6 heteroatoms. The van der Waals surface area contributed by atoms with Gasteiger partial charge in [0.05, 0.1) is 7.11 Å². The summed E-state index contributed by atoms with van der Waals surface area (Å²) in [5, 5.41) is 12.0. The van der Waals surface area contributed by atoms with Crippen LogP contribution in [0.15, 0.2) is 18.2 Å². The minimum atomic E-state index is -1.01. The number of benzene rings is 1. The van der Waals surface area contributed by atoms with Crippen LogP contribution in [0.5, 0.6) is 11.5 Å². The van der Waals surface area contributed by atoms with E-state index < -0.39 is 5.97 Å². The number of carboxylic acid groups (broad SMARTS) is 1. The summed E-state index contributed by atoms with van der Waals surface area (Å²) >= 11 is 0. The van der Waals surface area contributed by atoms with E-state index in [1.807, 2.05) is 12.1 Å². The number of ether oxygens (including phenoxy) is 2. The highest BCUT2D eigenvalue weighted by atomic mass is 16.5. The number of carbonyl (C=O) groups is 1. The molecule has 1 aromatic rings. The Balaban J connectivity index is 2.47. The smallest absolute Gasteiger partial charge is 0.341 e. The molecule has 0 aliphatic carbocycles. The van der Waals surface area contributed by atoms with Gasteiger partial charge in [-0.15, -0.1) is 0 Å². The van der Waals surface area contributed by atoms with Gasteiger partial charge in [0, 0.05) is 6.54 Å². The molecular weight excluding hydrogens is 272 g/mol. The van der Waals surface area contributed by atoms with Crippen LogP contribution in [0.25, 0.3) is 0 Å². The Bertz CT molecular complexity index is 449. The highest BCUT2D eigenvalue weighted by molar-refractivity contribution is 5.68. The van der Waals surface area contributed by atoms with Crippen molar-refractivity contribution in [1.82, 2.24) is 10.2 Å². The lowest BCUT2D eigenvalue weighted by molar-refractivity contribution is -0.139. The Hall–Kier alpha value is -1.79. The van der Waals surface area contributed by atoms with E-state index in [0.717, 1.165) is 31.6 Å². The van der Waals surface area contributed by atoms with Gasteiger partial charge in [-0.05, 0) is 51.3 Å². The summed E-state index contributed by atoms with van der Waals surface area (Å²) in [6, 6.07) is 5.49. The third-order valence-electron chi connectivity index (χ3n) is 2.87. The second-order valence-corrected chi connectivity index (χ2v) is 5.00. The second-order valence-electron chi connectivity index (χ2n) is 5.00. The minimum Gasteiger partial charge on any atom is -0.493 e. The number of aliphatic carboxylic acids is 1. The summed E-state index contributed by atoms with van der Waals surface area (Å²) < 4.78 is 10.4.